The van der Waals surface area contributed by atoms with E-state index in [0.29, 0.717) is 29.3 Å². The Balaban J connectivity index is 2.56. The molecule has 6 heteroatoms. The first-order valence-corrected chi connectivity index (χ1v) is 5.24. The smallest absolute Gasteiger partial charge is 0.160 e. The molecule has 5 nitrogen and oxygen atoms in total. The SMILES string of the molecule is COCc1nc2cc(Cl)cnc2n1CCO. The molecule has 0 fully saturated rings. The van der Waals surface area contributed by atoms with Gasteiger partial charge in [0.15, 0.2) is 5.65 Å². The highest BCUT2D eigenvalue weighted by atomic mass is 35.5. The molecule has 2 heterocycles. The van der Waals surface area contributed by atoms with E-state index >= 15 is 0 Å². The molecular weight excluding hydrogens is 230 g/mol. The summed E-state index contributed by atoms with van der Waals surface area (Å²) in [5.74, 6) is 0.737. The fraction of sp³-hybridized carbons (Fsp3) is 0.400. The molecule has 0 aromatic carbocycles. The summed E-state index contributed by atoms with van der Waals surface area (Å²) in [6.07, 6.45) is 1.57. The van der Waals surface area contributed by atoms with Gasteiger partial charge in [0, 0.05) is 19.9 Å². The Labute approximate surface area is 97.6 Å². The maximum atomic E-state index is 9.00. The maximum Gasteiger partial charge on any atom is 0.160 e. The van der Waals surface area contributed by atoms with Gasteiger partial charge >= 0.3 is 0 Å². The second-order valence-electron chi connectivity index (χ2n) is 3.33. The zero-order valence-corrected chi connectivity index (χ0v) is 9.61. The molecule has 0 atom stereocenters. The molecule has 16 heavy (non-hydrogen) atoms. The number of aliphatic hydroxyl groups is 1. The van der Waals surface area contributed by atoms with Crippen LogP contribution in [0, 0.1) is 0 Å². The van der Waals surface area contributed by atoms with Gasteiger partial charge in [-0.25, -0.2) is 9.97 Å². The number of hydrogen-bond donors (Lipinski definition) is 1. The van der Waals surface area contributed by atoms with Crippen LogP contribution in [0.1, 0.15) is 5.82 Å². The first-order chi connectivity index (χ1) is 7.76. The van der Waals surface area contributed by atoms with Gasteiger partial charge in [-0.3, -0.25) is 0 Å². The molecule has 0 aliphatic rings. The monoisotopic (exact) mass is 241 g/mol. The lowest BCUT2D eigenvalue weighted by atomic mass is 10.4. The number of aliphatic hydroxyl groups excluding tert-OH is 1. The molecule has 0 radical (unpaired) electrons. The fourth-order valence-electron chi connectivity index (χ4n) is 1.61. The number of ether oxygens (including phenoxy) is 1. The zero-order valence-electron chi connectivity index (χ0n) is 8.85. The van der Waals surface area contributed by atoms with Crippen LogP contribution in [0.4, 0.5) is 0 Å². The Hall–Kier alpha value is -1.17. The molecule has 86 valence electrons. The predicted octanol–water partition coefficient (Wildman–Crippen LogP) is 1.22. The third-order valence-corrected chi connectivity index (χ3v) is 2.43. The van der Waals surface area contributed by atoms with Crippen LogP contribution in [0.25, 0.3) is 11.2 Å². The van der Waals surface area contributed by atoms with Gasteiger partial charge < -0.3 is 14.4 Å². The van der Waals surface area contributed by atoms with Crippen LogP contribution in [-0.2, 0) is 17.9 Å². The Bertz CT molecular complexity index is 498. The first-order valence-electron chi connectivity index (χ1n) is 4.86. The summed E-state index contributed by atoms with van der Waals surface area (Å²) >= 11 is 5.84. The average Bonchev–Trinajstić information content (AvgIpc) is 2.57. The Morgan fingerprint density at radius 2 is 2.38 bits per heavy atom. The minimum absolute atomic E-state index is 0.0342. The summed E-state index contributed by atoms with van der Waals surface area (Å²) in [6, 6.07) is 1.75. The van der Waals surface area contributed by atoms with Crippen molar-refractivity contribution < 1.29 is 9.84 Å². The maximum absolute atomic E-state index is 9.00. The molecule has 0 bridgehead atoms. The highest BCUT2D eigenvalue weighted by molar-refractivity contribution is 6.31. The lowest BCUT2D eigenvalue weighted by molar-refractivity contribution is 0.172. The van der Waals surface area contributed by atoms with E-state index in [0.717, 1.165) is 5.82 Å². The van der Waals surface area contributed by atoms with Gasteiger partial charge in [-0.2, -0.15) is 0 Å². The topological polar surface area (TPSA) is 60.2 Å². The number of imidazole rings is 1. The summed E-state index contributed by atoms with van der Waals surface area (Å²) in [5, 5.41) is 9.55. The summed E-state index contributed by atoms with van der Waals surface area (Å²) in [6.45, 7) is 0.865. The van der Waals surface area contributed by atoms with Gasteiger partial charge in [-0.05, 0) is 6.07 Å². The Morgan fingerprint density at radius 3 is 3.06 bits per heavy atom. The van der Waals surface area contributed by atoms with Crippen LogP contribution < -0.4 is 0 Å². The fourth-order valence-corrected chi connectivity index (χ4v) is 1.76. The minimum atomic E-state index is 0.0342. The minimum Gasteiger partial charge on any atom is -0.395 e. The number of pyridine rings is 1. The van der Waals surface area contributed by atoms with E-state index in [1.807, 2.05) is 4.57 Å². The molecule has 0 aliphatic carbocycles. The van der Waals surface area contributed by atoms with Crippen molar-refractivity contribution in [1.29, 1.82) is 0 Å². The van der Waals surface area contributed by atoms with Gasteiger partial charge in [0.2, 0.25) is 0 Å². The van der Waals surface area contributed by atoms with Crippen LogP contribution in [0.3, 0.4) is 0 Å². The highest BCUT2D eigenvalue weighted by Gasteiger charge is 2.11. The van der Waals surface area contributed by atoms with Crippen LogP contribution in [0.2, 0.25) is 5.02 Å². The van der Waals surface area contributed by atoms with E-state index in [4.69, 9.17) is 21.4 Å². The normalized spacial score (nSPS) is 11.2. The van der Waals surface area contributed by atoms with Crippen molar-refractivity contribution >= 4 is 22.8 Å². The van der Waals surface area contributed by atoms with Crippen molar-refractivity contribution in [2.45, 2.75) is 13.2 Å². The second-order valence-corrected chi connectivity index (χ2v) is 3.77. The molecule has 0 amide bonds. The molecule has 1 N–H and O–H groups in total. The number of nitrogens with zero attached hydrogens (tertiary/aromatic N) is 3. The number of rotatable bonds is 4. The number of methoxy groups -OCH3 is 1. The van der Waals surface area contributed by atoms with Crippen molar-refractivity contribution in [3.63, 3.8) is 0 Å². The Kier molecular flexibility index (Phi) is 3.38. The second kappa shape index (κ2) is 4.78. The quantitative estimate of drug-likeness (QED) is 0.875. The first kappa shape index (κ1) is 11.3. The third kappa shape index (κ3) is 2.02. The molecule has 2 aromatic rings. The van der Waals surface area contributed by atoms with Crippen LogP contribution >= 0.6 is 11.6 Å². The largest absolute Gasteiger partial charge is 0.395 e. The van der Waals surface area contributed by atoms with Crippen molar-refractivity contribution in [3.8, 4) is 0 Å². The number of fused-ring (bicyclic) bond motifs is 1. The standard InChI is InChI=1S/C10H12ClN3O2/c1-16-6-9-13-8-4-7(11)5-12-10(8)14(9)2-3-15/h4-5,15H,2-3,6H2,1H3. The molecule has 0 saturated carbocycles. The van der Waals surface area contributed by atoms with E-state index in [1.165, 1.54) is 0 Å². The molecule has 0 spiro atoms. The van der Waals surface area contributed by atoms with Gasteiger partial charge in [0.25, 0.3) is 0 Å². The van der Waals surface area contributed by atoms with E-state index in [-0.39, 0.29) is 6.61 Å². The van der Waals surface area contributed by atoms with Gasteiger partial charge in [0.1, 0.15) is 17.9 Å². The summed E-state index contributed by atoms with van der Waals surface area (Å²) in [5.41, 5.74) is 1.43. The van der Waals surface area contributed by atoms with E-state index in [9.17, 15) is 0 Å². The lowest BCUT2D eigenvalue weighted by Gasteiger charge is -2.05. The number of halogens is 1. The highest BCUT2D eigenvalue weighted by Crippen LogP contribution is 2.18. The van der Waals surface area contributed by atoms with Gasteiger partial charge in [0.05, 0.1) is 11.6 Å². The van der Waals surface area contributed by atoms with Crippen molar-refractivity contribution in [2.24, 2.45) is 0 Å². The van der Waals surface area contributed by atoms with E-state index in [2.05, 4.69) is 9.97 Å². The average molecular weight is 242 g/mol. The van der Waals surface area contributed by atoms with Gasteiger partial charge in [-0.1, -0.05) is 11.6 Å². The van der Waals surface area contributed by atoms with Crippen molar-refractivity contribution in [1.82, 2.24) is 14.5 Å². The molecule has 0 aliphatic heterocycles. The zero-order chi connectivity index (χ0) is 11.5. The van der Waals surface area contributed by atoms with E-state index < -0.39 is 0 Å². The molecule has 2 rings (SSSR count). The summed E-state index contributed by atoms with van der Waals surface area (Å²) in [4.78, 5) is 8.57. The summed E-state index contributed by atoms with van der Waals surface area (Å²) < 4.78 is 6.88. The Morgan fingerprint density at radius 1 is 1.56 bits per heavy atom. The number of aromatic nitrogens is 3. The molecule has 0 saturated heterocycles. The summed E-state index contributed by atoms with van der Waals surface area (Å²) in [7, 11) is 1.60. The molecular formula is C10H12ClN3O2. The molecule has 2 aromatic heterocycles. The van der Waals surface area contributed by atoms with Gasteiger partial charge in [-0.15, -0.1) is 0 Å². The molecule has 0 unspecified atom stereocenters. The third-order valence-electron chi connectivity index (χ3n) is 2.23. The van der Waals surface area contributed by atoms with Crippen molar-refractivity contribution in [3.05, 3.63) is 23.1 Å². The number of hydrogen-bond acceptors (Lipinski definition) is 4. The van der Waals surface area contributed by atoms with Crippen LogP contribution in [0.5, 0.6) is 0 Å². The van der Waals surface area contributed by atoms with E-state index in [1.54, 1.807) is 19.4 Å². The lowest BCUT2D eigenvalue weighted by Crippen LogP contribution is -2.08. The predicted molar refractivity (Wildman–Crippen MR) is 60.3 cm³/mol. The van der Waals surface area contributed by atoms with Crippen LogP contribution in [-0.4, -0.2) is 33.4 Å². The van der Waals surface area contributed by atoms with Crippen molar-refractivity contribution in [2.75, 3.05) is 13.7 Å². The van der Waals surface area contributed by atoms with Crippen LogP contribution in [0.15, 0.2) is 12.3 Å².